The predicted octanol–water partition coefficient (Wildman–Crippen LogP) is 4.90. The molecule has 1 amide bonds. The minimum Gasteiger partial charge on any atom is -0.325 e. The van der Waals surface area contributed by atoms with Crippen molar-refractivity contribution in [3.05, 3.63) is 101 Å². The van der Waals surface area contributed by atoms with E-state index in [1.54, 1.807) is 24.3 Å². The van der Waals surface area contributed by atoms with Crippen LogP contribution in [0.4, 0.5) is 5.69 Å². The Bertz CT molecular complexity index is 964. The highest BCUT2D eigenvalue weighted by Crippen LogP contribution is 2.23. The van der Waals surface area contributed by atoms with Gasteiger partial charge in [0.25, 0.3) is 0 Å². The van der Waals surface area contributed by atoms with Crippen LogP contribution < -0.4 is 10.6 Å². The fraction of sp³-hybridized carbons (Fsp3) is 0.200. The number of aryl methyl sites for hydroxylation is 1. The first-order valence-corrected chi connectivity index (χ1v) is 9.73. The van der Waals surface area contributed by atoms with Crippen molar-refractivity contribution in [2.45, 2.75) is 32.9 Å². The first-order chi connectivity index (χ1) is 13.9. The SMILES string of the molecule is CC(=O)c1ccc(NC(=O)[C@@H](C)N[C@H](c2ccccc2)c2ccc(C)cc2)cc1. The van der Waals surface area contributed by atoms with E-state index in [1.807, 2.05) is 25.1 Å². The third-order valence-electron chi connectivity index (χ3n) is 4.91. The Balaban J connectivity index is 1.75. The molecule has 3 aromatic carbocycles. The lowest BCUT2D eigenvalue weighted by atomic mass is 9.97. The minimum absolute atomic E-state index is 0.00159. The van der Waals surface area contributed by atoms with Gasteiger partial charge in [0.15, 0.2) is 5.78 Å². The van der Waals surface area contributed by atoms with Crippen LogP contribution in [0.15, 0.2) is 78.9 Å². The molecule has 0 aliphatic heterocycles. The van der Waals surface area contributed by atoms with E-state index in [2.05, 4.69) is 54.0 Å². The van der Waals surface area contributed by atoms with E-state index < -0.39 is 6.04 Å². The van der Waals surface area contributed by atoms with Crippen LogP contribution in [-0.4, -0.2) is 17.7 Å². The van der Waals surface area contributed by atoms with Gasteiger partial charge >= 0.3 is 0 Å². The third kappa shape index (κ3) is 5.39. The number of carbonyl (C=O) groups excluding carboxylic acids is 2. The van der Waals surface area contributed by atoms with E-state index in [9.17, 15) is 9.59 Å². The number of nitrogens with one attached hydrogen (secondary N) is 2. The molecule has 3 rings (SSSR count). The molecule has 29 heavy (non-hydrogen) atoms. The summed E-state index contributed by atoms with van der Waals surface area (Å²) >= 11 is 0. The van der Waals surface area contributed by atoms with Crippen molar-refractivity contribution in [1.29, 1.82) is 0 Å². The summed E-state index contributed by atoms with van der Waals surface area (Å²) in [5.41, 5.74) is 4.69. The van der Waals surface area contributed by atoms with Crippen LogP contribution in [0.3, 0.4) is 0 Å². The first kappa shape index (κ1) is 20.5. The summed E-state index contributed by atoms with van der Waals surface area (Å²) in [6.45, 7) is 5.43. The number of amides is 1. The molecule has 0 spiro atoms. The Labute approximate surface area is 172 Å². The molecule has 4 heteroatoms. The summed E-state index contributed by atoms with van der Waals surface area (Å²) in [5, 5.41) is 6.36. The highest BCUT2D eigenvalue weighted by Gasteiger charge is 2.21. The van der Waals surface area contributed by atoms with E-state index in [0.717, 1.165) is 11.1 Å². The average Bonchev–Trinajstić information content (AvgIpc) is 2.73. The average molecular weight is 386 g/mol. The van der Waals surface area contributed by atoms with Crippen molar-refractivity contribution in [3.8, 4) is 0 Å². The quantitative estimate of drug-likeness (QED) is 0.568. The Morgan fingerprint density at radius 2 is 1.38 bits per heavy atom. The molecule has 0 fully saturated rings. The number of ketones is 1. The van der Waals surface area contributed by atoms with E-state index in [4.69, 9.17) is 0 Å². The molecule has 0 unspecified atom stereocenters. The van der Waals surface area contributed by atoms with Crippen molar-refractivity contribution in [1.82, 2.24) is 5.32 Å². The fourth-order valence-electron chi connectivity index (χ4n) is 3.15. The number of carbonyl (C=O) groups is 2. The van der Waals surface area contributed by atoms with E-state index >= 15 is 0 Å². The van der Waals surface area contributed by atoms with Crippen LogP contribution in [0.2, 0.25) is 0 Å². The summed E-state index contributed by atoms with van der Waals surface area (Å²) in [5.74, 6) is -0.129. The van der Waals surface area contributed by atoms with Crippen LogP contribution in [-0.2, 0) is 4.79 Å². The van der Waals surface area contributed by atoms with E-state index in [1.165, 1.54) is 12.5 Å². The highest BCUT2D eigenvalue weighted by molar-refractivity contribution is 5.97. The second-order valence-electron chi connectivity index (χ2n) is 7.27. The van der Waals surface area contributed by atoms with Gasteiger partial charge in [-0.25, -0.2) is 0 Å². The zero-order valence-corrected chi connectivity index (χ0v) is 17.0. The van der Waals surface area contributed by atoms with Crippen molar-refractivity contribution < 1.29 is 9.59 Å². The Morgan fingerprint density at radius 3 is 1.97 bits per heavy atom. The van der Waals surface area contributed by atoms with Crippen LogP contribution in [0.5, 0.6) is 0 Å². The molecule has 0 bridgehead atoms. The van der Waals surface area contributed by atoms with Crippen molar-refractivity contribution in [3.63, 3.8) is 0 Å². The number of Topliss-reactive ketones (excluding diaryl/α,β-unsaturated/α-hetero) is 1. The largest absolute Gasteiger partial charge is 0.325 e. The van der Waals surface area contributed by atoms with Gasteiger partial charge in [0.2, 0.25) is 5.91 Å². The van der Waals surface area contributed by atoms with E-state index in [-0.39, 0.29) is 17.7 Å². The van der Waals surface area contributed by atoms with Crippen molar-refractivity contribution in [2.75, 3.05) is 5.32 Å². The minimum atomic E-state index is -0.422. The van der Waals surface area contributed by atoms with Crippen molar-refractivity contribution in [2.24, 2.45) is 0 Å². The topological polar surface area (TPSA) is 58.2 Å². The molecular weight excluding hydrogens is 360 g/mol. The van der Waals surface area contributed by atoms with Gasteiger partial charge in [0.05, 0.1) is 12.1 Å². The molecular formula is C25H26N2O2. The number of hydrogen-bond acceptors (Lipinski definition) is 3. The standard InChI is InChI=1S/C25H26N2O2/c1-17-9-11-22(12-10-17)24(21-7-5-4-6-8-21)26-18(2)25(29)27-23-15-13-20(14-16-23)19(3)28/h4-16,18,24,26H,1-3H3,(H,27,29)/t18-,24-/m1/s1. The molecule has 4 nitrogen and oxygen atoms in total. The summed E-state index contributed by atoms with van der Waals surface area (Å²) in [4.78, 5) is 24.1. The van der Waals surface area contributed by atoms with Gasteiger partial charge in [-0.15, -0.1) is 0 Å². The predicted molar refractivity (Wildman–Crippen MR) is 117 cm³/mol. The molecule has 0 aromatic heterocycles. The second kappa shape index (κ2) is 9.30. The maximum absolute atomic E-state index is 12.7. The van der Waals surface area contributed by atoms with Crippen molar-refractivity contribution >= 4 is 17.4 Å². The smallest absolute Gasteiger partial charge is 0.241 e. The summed E-state index contributed by atoms with van der Waals surface area (Å²) in [7, 11) is 0. The van der Waals surface area contributed by atoms with Crippen LogP contribution in [0.25, 0.3) is 0 Å². The summed E-state index contributed by atoms with van der Waals surface area (Å²) in [6.07, 6.45) is 0. The molecule has 0 aliphatic carbocycles. The first-order valence-electron chi connectivity index (χ1n) is 9.73. The van der Waals surface area contributed by atoms with E-state index in [0.29, 0.717) is 11.3 Å². The zero-order chi connectivity index (χ0) is 20.8. The third-order valence-corrected chi connectivity index (χ3v) is 4.91. The normalized spacial score (nSPS) is 12.8. The number of rotatable bonds is 7. The lowest BCUT2D eigenvalue weighted by Crippen LogP contribution is -2.40. The van der Waals surface area contributed by atoms with Crippen LogP contribution in [0.1, 0.15) is 46.9 Å². The molecule has 2 N–H and O–H groups in total. The molecule has 0 saturated heterocycles. The number of benzene rings is 3. The molecule has 0 radical (unpaired) electrons. The maximum Gasteiger partial charge on any atom is 0.241 e. The van der Waals surface area contributed by atoms with Crippen LogP contribution >= 0.6 is 0 Å². The Morgan fingerprint density at radius 1 is 0.793 bits per heavy atom. The lowest BCUT2D eigenvalue weighted by molar-refractivity contribution is -0.117. The van der Waals surface area contributed by atoms with Gasteiger partial charge < -0.3 is 5.32 Å². The number of hydrogen-bond donors (Lipinski definition) is 2. The summed E-state index contributed by atoms with van der Waals surface area (Å²) < 4.78 is 0. The molecule has 148 valence electrons. The molecule has 2 atom stereocenters. The van der Waals surface area contributed by atoms with Crippen LogP contribution in [0, 0.1) is 6.92 Å². The van der Waals surface area contributed by atoms with Gasteiger partial charge in [-0.2, -0.15) is 0 Å². The maximum atomic E-state index is 12.7. The Kier molecular flexibility index (Phi) is 6.57. The van der Waals surface area contributed by atoms with Gasteiger partial charge in [0, 0.05) is 11.3 Å². The zero-order valence-electron chi connectivity index (χ0n) is 17.0. The van der Waals surface area contributed by atoms with Gasteiger partial charge in [-0.3, -0.25) is 14.9 Å². The second-order valence-corrected chi connectivity index (χ2v) is 7.27. The monoisotopic (exact) mass is 386 g/mol. The molecule has 0 aliphatic rings. The van der Waals surface area contributed by atoms with Gasteiger partial charge in [0.1, 0.15) is 0 Å². The highest BCUT2D eigenvalue weighted by atomic mass is 16.2. The van der Waals surface area contributed by atoms with Gasteiger partial charge in [-0.1, -0.05) is 60.2 Å². The molecule has 3 aromatic rings. The Hall–Kier alpha value is -3.24. The molecule has 0 heterocycles. The molecule has 0 saturated carbocycles. The number of anilines is 1. The summed E-state index contributed by atoms with van der Waals surface area (Å²) in [6, 6.07) is 24.8. The van der Waals surface area contributed by atoms with Gasteiger partial charge in [-0.05, 0) is 56.2 Å². The fourth-order valence-corrected chi connectivity index (χ4v) is 3.15. The lowest BCUT2D eigenvalue weighted by Gasteiger charge is -2.24.